The third-order valence-corrected chi connectivity index (χ3v) is 4.41. The standard InChI is InChI=1S/C16H14FN3S2/c17-11-5-7-12(8-6-11)19-16(21)18-10-9-15-20-13-3-1-2-4-14(13)22-15/h1-8H,9-10H2,(H2,18,19,21). The molecule has 1 heterocycles. The van der Waals surface area contributed by atoms with Gasteiger partial charge >= 0.3 is 0 Å². The van der Waals surface area contributed by atoms with Crippen molar-refractivity contribution in [1.82, 2.24) is 10.3 Å². The van der Waals surface area contributed by atoms with E-state index in [-0.39, 0.29) is 5.82 Å². The Kier molecular flexibility index (Phi) is 4.60. The molecule has 0 aliphatic carbocycles. The van der Waals surface area contributed by atoms with Crippen LogP contribution in [-0.4, -0.2) is 16.6 Å². The first-order valence-electron chi connectivity index (χ1n) is 6.85. The Morgan fingerprint density at radius 3 is 2.68 bits per heavy atom. The second kappa shape index (κ2) is 6.81. The van der Waals surface area contributed by atoms with Crippen molar-refractivity contribution in [3.63, 3.8) is 0 Å². The molecule has 0 amide bonds. The van der Waals surface area contributed by atoms with Crippen molar-refractivity contribution in [1.29, 1.82) is 0 Å². The molecule has 0 saturated carbocycles. The van der Waals surface area contributed by atoms with Crippen LogP contribution in [0.4, 0.5) is 10.1 Å². The molecule has 0 atom stereocenters. The van der Waals surface area contributed by atoms with E-state index >= 15 is 0 Å². The number of nitrogens with zero attached hydrogens (tertiary/aromatic N) is 1. The van der Waals surface area contributed by atoms with E-state index in [2.05, 4.69) is 21.7 Å². The van der Waals surface area contributed by atoms with Crippen LogP contribution in [0.25, 0.3) is 10.2 Å². The second-order valence-electron chi connectivity index (χ2n) is 4.71. The lowest BCUT2D eigenvalue weighted by Crippen LogP contribution is -2.30. The summed E-state index contributed by atoms with van der Waals surface area (Å²) in [6.45, 7) is 0.701. The highest BCUT2D eigenvalue weighted by Crippen LogP contribution is 2.21. The smallest absolute Gasteiger partial charge is 0.170 e. The van der Waals surface area contributed by atoms with Gasteiger partial charge in [0.15, 0.2) is 5.11 Å². The van der Waals surface area contributed by atoms with Crippen LogP contribution in [-0.2, 0) is 6.42 Å². The van der Waals surface area contributed by atoms with E-state index in [0.29, 0.717) is 11.7 Å². The molecule has 22 heavy (non-hydrogen) atoms. The molecule has 2 aromatic carbocycles. The van der Waals surface area contributed by atoms with Gasteiger partial charge in [0.2, 0.25) is 0 Å². The first kappa shape index (κ1) is 14.9. The summed E-state index contributed by atoms with van der Waals surface area (Å²) in [5.41, 5.74) is 1.80. The van der Waals surface area contributed by atoms with Crippen LogP contribution >= 0.6 is 23.6 Å². The number of rotatable bonds is 4. The highest BCUT2D eigenvalue weighted by Gasteiger charge is 2.03. The lowest BCUT2D eigenvalue weighted by molar-refractivity contribution is 0.628. The van der Waals surface area contributed by atoms with Gasteiger partial charge < -0.3 is 10.6 Å². The molecule has 0 radical (unpaired) electrons. The fourth-order valence-corrected chi connectivity index (χ4v) is 3.21. The molecule has 3 rings (SSSR count). The maximum Gasteiger partial charge on any atom is 0.170 e. The minimum Gasteiger partial charge on any atom is -0.362 e. The fourth-order valence-electron chi connectivity index (χ4n) is 2.02. The summed E-state index contributed by atoms with van der Waals surface area (Å²) in [6.07, 6.45) is 0.810. The van der Waals surface area contributed by atoms with E-state index in [9.17, 15) is 4.39 Å². The van der Waals surface area contributed by atoms with Crippen molar-refractivity contribution in [2.75, 3.05) is 11.9 Å². The first-order chi connectivity index (χ1) is 10.7. The van der Waals surface area contributed by atoms with Gasteiger partial charge in [-0.3, -0.25) is 0 Å². The van der Waals surface area contributed by atoms with Crippen LogP contribution in [0, 0.1) is 5.82 Å². The molecule has 0 fully saturated rings. The van der Waals surface area contributed by atoms with E-state index in [1.807, 2.05) is 18.2 Å². The third-order valence-electron chi connectivity index (χ3n) is 3.06. The van der Waals surface area contributed by atoms with Crippen molar-refractivity contribution in [3.8, 4) is 0 Å². The minimum absolute atomic E-state index is 0.264. The van der Waals surface area contributed by atoms with Crippen LogP contribution in [0.2, 0.25) is 0 Å². The van der Waals surface area contributed by atoms with Crippen LogP contribution in [0.5, 0.6) is 0 Å². The average molecular weight is 331 g/mol. The van der Waals surface area contributed by atoms with E-state index in [0.717, 1.165) is 22.6 Å². The van der Waals surface area contributed by atoms with Crippen molar-refractivity contribution < 1.29 is 4.39 Å². The largest absolute Gasteiger partial charge is 0.362 e. The number of nitrogens with one attached hydrogen (secondary N) is 2. The van der Waals surface area contributed by atoms with Gasteiger partial charge in [-0.25, -0.2) is 9.37 Å². The molecular weight excluding hydrogens is 317 g/mol. The molecule has 1 aromatic heterocycles. The summed E-state index contributed by atoms with van der Waals surface area (Å²) >= 11 is 6.91. The predicted molar refractivity (Wildman–Crippen MR) is 93.9 cm³/mol. The lowest BCUT2D eigenvalue weighted by atomic mass is 10.3. The second-order valence-corrected chi connectivity index (χ2v) is 6.24. The Labute approximate surface area is 137 Å². The zero-order valence-electron chi connectivity index (χ0n) is 11.7. The number of aromatic nitrogens is 1. The highest BCUT2D eigenvalue weighted by molar-refractivity contribution is 7.80. The Bertz CT molecular complexity index is 750. The summed E-state index contributed by atoms with van der Waals surface area (Å²) in [5.74, 6) is -0.264. The number of anilines is 1. The van der Waals surface area contributed by atoms with Crippen molar-refractivity contribution in [2.24, 2.45) is 0 Å². The first-order valence-corrected chi connectivity index (χ1v) is 8.08. The minimum atomic E-state index is -0.264. The molecule has 0 bridgehead atoms. The summed E-state index contributed by atoms with van der Waals surface area (Å²) in [5, 5.41) is 7.75. The van der Waals surface area contributed by atoms with Gasteiger partial charge in [0.05, 0.1) is 15.2 Å². The van der Waals surface area contributed by atoms with Gasteiger partial charge in [0.1, 0.15) is 5.82 Å². The SMILES string of the molecule is Fc1ccc(NC(=S)NCCc2nc3ccccc3s2)cc1. The molecule has 6 heteroatoms. The quantitative estimate of drug-likeness (QED) is 0.710. The van der Waals surface area contributed by atoms with Crippen molar-refractivity contribution >= 4 is 44.6 Å². The molecule has 3 aromatic rings. The lowest BCUT2D eigenvalue weighted by Gasteiger charge is -2.09. The van der Waals surface area contributed by atoms with Gasteiger partial charge in [-0.2, -0.15) is 0 Å². The Morgan fingerprint density at radius 2 is 1.91 bits per heavy atom. The number of hydrogen-bond donors (Lipinski definition) is 2. The molecule has 0 aliphatic rings. The normalized spacial score (nSPS) is 10.6. The van der Waals surface area contributed by atoms with Crippen LogP contribution in [0.15, 0.2) is 48.5 Å². The molecule has 0 unspecified atom stereocenters. The van der Waals surface area contributed by atoms with E-state index in [4.69, 9.17) is 12.2 Å². The molecule has 3 nitrogen and oxygen atoms in total. The number of thiazole rings is 1. The number of halogens is 1. The van der Waals surface area contributed by atoms with E-state index in [1.54, 1.807) is 23.5 Å². The molecule has 2 N–H and O–H groups in total. The number of hydrogen-bond acceptors (Lipinski definition) is 3. The zero-order valence-corrected chi connectivity index (χ0v) is 13.3. The summed E-state index contributed by atoms with van der Waals surface area (Å²) in [7, 11) is 0. The zero-order chi connectivity index (χ0) is 15.4. The number of benzene rings is 2. The van der Waals surface area contributed by atoms with Gasteiger partial charge in [-0.05, 0) is 48.6 Å². The monoisotopic (exact) mass is 331 g/mol. The van der Waals surface area contributed by atoms with Gasteiger partial charge in [0.25, 0.3) is 0 Å². The average Bonchev–Trinajstić information content (AvgIpc) is 2.92. The Hall–Kier alpha value is -2.05. The fraction of sp³-hybridized carbons (Fsp3) is 0.125. The molecule has 112 valence electrons. The topological polar surface area (TPSA) is 37.0 Å². The molecule has 0 saturated heterocycles. The molecule has 0 spiro atoms. The van der Waals surface area contributed by atoms with Crippen LogP contribution in [0.3, 0.4) is 0 Å². The van der Waals surface area contributed by atoms with Crippen molar-refractivity contribution in [3.05, 3.63) is 59.4 Å². The van der Waals surface area contributed by atoms with Crippen LogP contribution in [0.1, 0.15) is 5.01 Å². The summed E-state index contributed by atoms with van der Waals surface area (Å²) < 4.78 is 14.0. The number of thiocarbonyl (C=S) groups is 1. The maximum absolute atomic E-state index is 12.8. The van der Waals surface area contributed by atoms with E-state index < -0.39 is 0 Å². The molecule has 0 aliphatic heterocycles. The Morgan fingerprint density at radius 1 is 1.14 bits per heavy atom. The number of para-hydroxylation sites is 1. The van der Waals surface area contributed by atoms with Gasteiger partial charge in [-0.1, -0.05) is 12.1 Å². The molecular formula is C16H14FN3S2. The summed E-state index contributed by atoms with van der Waals surface area (Å²) in [4.78, 5) is 4.58. The predicted octanol–water partition coefficient (Wildman–Crippen LogP) is 3.96. The Balaban J connectivity index is 1.49. The van der Waals surface area contributed by atoms with E-state index in [1.165, 1.54) is 16.8 Å². The highest BCUT2D eigenvalue weighted by atomic mass is 32.1. The summed E-state index contributed by atoms with van der Waals surface area (Å²) in [6, 6.07) is 14.2. The van der Waals surface area contributed by atoms with Crippen molar-refractivity contribution in [2.45, 2.75) is 6.42 Å². The van der Waals surface area contributed by atoms with Gasteiger partial charge in [0, 0.05) is 18.7 Å². The third kappa shape index (κ3) is 3.78. The van der Waals surface area contributed by atoms with Gasteiger partial charge in [-0.15, -0.1) is 11.3 Å². The number of fused-ring (bicyclic) bond motifs is 1. The maximum atomic E-state index is 12.8. The van der Waals surface area contributed by atoms with Crippen LogP contribution < -0.4 is 10.6 Å².